The van der Waals surface area contributed by atoms with Gasteiger partial charge in [0, 0.05) is 19.7 Å². The van der Waals surface area contributed by atoms with Gasteiger partial charge in [-0.05, 0) is 36.4 Å². The smallest absolute Gasteiger partial charge is 0.277 e. The molecule has 0 aliphatic carbocycles. The third kappa shape index (κ3) is 4.09. The van der Waals surface area contributed by atoms with Gasteiger partial charge >= 0.3 is 0 Å². The van der Waals surface area contributed by atoms with Gasteiger partial charge in [-0.15, -0.1) is 10.2 Å². The Kier molecular flexibility index (Phi) is 5.19. The van der Waals surface area contributed by atoms with Crippen LogP contribution in [0.4, 0.5) is 0 Å². The maximum Gasteiger partial charge on any atom is 0.277 e. The van der Waals surface area contributed by atoms with E-state index in [1.807, 2.05) is 61.5 Å². The van der Waals surface area contributed by atoms with Crippen LogP contribution in [0.2, 0.25) is 0 Å². The molecule has 1 amide bonds. The molecule has 0 radical (unpaired) electrons. The van der Waals surface area contributed by atoms with Crippen molar-refractivity contribution in [2.24, 2.45) is 0 Å². The molecule has 5 nitrogen and oxygen atoms in total. The summed E-state index contributed by atoms with van der Waals surface area (Å²) in [6, 6.07) is 17.5. The second-order valence-electron chi connectivity index (χ2n) is 5.88. The number of likely N-dealkylation sites (N-methyl/N-ethyl adjacent to an activating group) is 1. The minimum Gasteiger partial charge on any atom is -0.411 e. The van der Waals surface area contributed by atoms with E-state index in [-0.39, 0.29) is 5.91 Å². The molecule has 0 saturated carbocycles. The molecule has 0 spiro atoms. The van der Waals surface area contributed by atoms with Gasteiger partial charge in [0.2, 0.25) is 11.8 Å². The maximum atomic E-state index is 12.6. The molecule has 1 aromatic heterocycles. The van der Waals surface area contributed by atoms with E-state index in [9.17, 15) is 4.79 Å². The van der Waals surface area contributed by atoms with Crippen LogP contribution < -0.4 is 0 Å². The number of aryl methyl sites for hydroxylation is 1. The summed E-state index contributed by atoms with van der Waals surface area (Å²) in [5, 5.41) is 8.15. The van der Waals surface area contributed by atoms with E-state index in [4.69, 9.17) is 4.42 Å². The van der Waals surface area contributed by atoms with Crippen molar-refractivity contribution in [3.05, 3.63) is 65.7 Å². The van der Waals surface area contributed by atoms with Crippen molar-refractivity contribution in [3.63, 3.8) is 0 Å². The highest BCUT2D eigenvalue weighted by molar-refractivity contribution is 8.00. The predicted molar refractivity (Wildman–Crippen MR) is 98.2 cm³/mol. The van der Waals surface area contributed by atoms with E-state index in [2.05, 4.69) is 10.2 Å². The lowest BCUT2D eigenvalue weighted by molar-refractivity contribution is -0.128. The monoisotopic (exact) mass is 353 g/mol. The molecule has 1 heterocycles. The van der Waals surface area contributed by atoms with E-state index in [1.165, 1.54) is 17.3 Å². The van der Waals surface area contributed by atoms with Crippen molar-refractivity contribution < 1.29 is 9.21 Å². The normalized spacial score (nSPS) is 12.0. The quantitative estimate of drug-likeness (QED) is 0.650. The first-order valence-corrected chi connectivity index (χ1v) is 8.76. The molecule has 6 heteroatoms. The third-order valence-electron chi connectivity index (χ3n) is 3.69. The van der Waals surface area contributed by atoms with E-state index >= 15 is 0 Å². The van der Waals surface area contributed by atoms with Crippen LogP contribution in [-0.2, 0) is 4.79 Å². The molecule has 2 aromatic carbocycles. The lowest BCUT2D eigenvalue weighted by Gasteiger charge is -2.18. The number of carbonyl (C=O) groups is 1. The fraction of sp³-hybridized carbons (Fsp3) is 0.211. The number of benzene rings is 2. The average molecular weight is 353 g/mol. The molecule has 1 atom stereocenters. The van der Waals surface area contributed by atoms with Gasteiger partial charge in [0.05, 0.1) is 0 Å². The summed E-state index contributed by atoms with van der Waals surface area (Å²) in [7, 11) is 3.48. The Bertz CT molecular complexity index is 845. The molecule has 0 saturated heterocycles. The van der Waals surface area contributed by atoms with Crippen LogP contribution in [-0.4, -0.2) is 35.1 Å². The highest BCUT2D eigenvalue weighted by Gasteiger charge is 2.26. The summed E-state index contributed by atoms with van der Waals surface area (Å²) < 4.78 is 5.76. The summed E-state index contributed by atoms with van der Waals surface area (Å²) in [5.74, 6) is 0.429. The molecular formula is C19H19N3O2S. The van der Waals surface area contributed by atoms with Crippen molar-refractivity contribution in [1.82, 2.24) is 15.1 Å². The molecule has 3 aromatic rings. The van der Waals surface area contributed by atoms with Gasteiger partial charge in [0.1, 0.15) is 5.25 Å². The third-order valence-corrected chi connectivity index (χ3v) is 4.77. The van der Waals surface area contributed by atoms with Gasteiger partial charge in [-0.25, -0.2) is 0 Å². The first-order valence-electron chi connectivity index (χ1n) is 7.88. The van der Waals surface area contributed by atoms with Crippen LogP contribution in [0.5, 0.6) is 0 Å². The number of hydrogen-bond acceptors (Lipinski definition) is 5. The number of rotatable bonds is 5. The van der Waals surface area contributed by atoms with Gasteiger partial charge in [-0.3, -0.25) is 4.79 Å². The van der Waals surface area contributed by atoms with Crippen molar-refractivity contribution >= 4 is 17.7 Å². The Morgan fingerprint density at radius 2 is 1.72 bits per heavy atom. The Hall–Kier alpha value is -2.60. The lowest BCUT2D eigenvalue weighted by Crippen LogP contribution is -2.26. The zero-order valence-electron chi connectivity index (χ0n) is 14.3. The van der Waals surface area contributed by atoms with Crippen LogP contribution >= 0.6 is 11.8 Å². The first-order chi connectivity index (χ1) is 12.0. The number of carbonyl (C=O) groups excluding carboxylic acids is 1. The Morgan fingerprint density at radius 1 is 1.04 bits per heavy atom. The second kappa shape index (κ2) is 7.53. The van der Waals surface area contributed by atoms with Crippen LogP contribution in [0, 0.1) is 6.92 Å². The van der Waals surface area contributed by atoms with Crippen molar-refractivity contribution in [1.29, 1.82) is 0 Å². The SMILES string of the molecule is Cc1ccc(-c2nnc(S[C@H](C(=O)N(C)C)c3ccccc3)o2)cc1. The Labute approximate surface area is 151 Å². The highest BCUT2D eigenvalue weighted by atomic mass is 32.2. The minimum atomic E-state index is -0.428. The number of nitrogens with zero attached hydrogens (tertiary/aromatic N) is 3. The van der Waals surface area contributed by atoms with Gasteiger partial charge in [-0.2, -0.15) is 0 Å². The molecule has 0 bridgehead atoms. The zero-order chi connectivity index (χ0) is 17.8. The predicted octanol–water partition coefficient (Wildman–Crippen LogP) is 3.97. The molecule has 25 heavy (non-hydrogen) atoms. The number of aromatic nitrogens is 2. The Morgan fingerprint density at radius 3 is 2.36 bits per heavy atom. The van der Waals surface area contributed by atoms with Crippen molar-refractivity contribution in [3.8, 4) is 11.5 Å². The minimum absolute atomic E-state index is 0.0220. The summed E-state index contributed by atoms with van der Waals surface area (Å²) >= 11 is 1.27. The molecule has 0 fully saturated rings. The number of thioether (sulfide) groups is 1. The molecule has 3 rings (SSSR count). The molecule has 0 aliphatic rings. The lowest BCUT2D eigenvalue weighted by atomic mass is 10.1. The van der Waals surface area contributed by atoms with E-state index in [1.54, 1.807) is 19.0 Å². The number of hydrogen-bond donors (Lipinski definition) is 0. The topological polar surface area (TPSA) is 59.2 Å². The molecule has 0 N–H and O–H groups in total. The maximum absolute atomic E-state index is 12.6. The summed E-state index contributed by atoms with van der Waals surface area (Å²) in [6.07, 6.45) is 0. The number of amides is 1. The van der Waals surface area contributed by atoms with Crippen LogP contribution in [0.3, 0.4) is 0 Å². The summed E-state index contributed by atoms with van der Waals surface area (Å²) in [4.78, 5) is 14.1. The molecular weight excluding hydrogens is 334 g/mol. The first kappa shape index (κ1) is 17.2. The second-order valence-corrected chi connectivity index (χ2v) is 6.94. The molecule has 128 valence electrons. The Balaban J connectivity index is 1.85. The molecule has 0 unspecified atom stereocenters. The van der Waals surface area contributed by atoms with E-state index < -0.39 is 5.25 Å². The fourth-order valence-electron chi connectivity index (χ4n) is 2.29. The fourth-order valence-corrected chi connectivity index (χ4v) is 3.32. The van der Waals surface area contributed by atoms with E-state index in [0.29, 0.717) is 11.1 Å². The van der Waals surface area contributed by atoms with Gasteiger partial charge < -0.3 is 9.32 Å². The van der Waals surface area contributed by atoms with Gasteiger partial charge in [0.15, 0.2) is 0 Å². The van der Waals surface area contributed by atoms with Crippen LogP contribution in [0.15, 0.2) is 64.2 Å². The summed E-state index contributed by atoms with van der Waals surface area (Å²) in [6.45, 7) is 2.02. The van der Waals surface area contributed by atoms with Gasteiger partial charge in [-0.1, -0.05) is 48.0 Å². The van der Waals surface area contributed by atoms with Crippen LogP contribution in [0.1, 0.15) is 16.4 Å². The van der Waals surface area contributed by atoms with Crippen LogP contribution in [0.25, 0.3) is 11.5 Å². The van der Waals surface area contributed by atoms with E-state index in [0.717, 1.165) is 11.1 Å². The zero-order valence-corrected chi connectivity index (χ0v) is 15.2. The van der Waals surface area contributed by atoms with Crippen molar-refractivity contribution in [2.45, 2.75) is 17.4 Å². The highest BCUT2D eigenvalue weighted by Crippen LogP contribution is 2.36. The molecule has 0 aliphatic heterocycles. The van der Waals surface area contributed by atoms with Crippen molar-refractivity contribution in [2.75, 3.05) is 14.1 Å². The largest absolute Gasteiger partial charge is 0.411 e. The van der Waals surface area contributed by atoms with Gasteiger partial charge in [0.25, 0.3) is 5.22 Å². The average Bonchev–Trinajstić information content (AvgIpc) is 3.09. The summed E-state index contributed by atoms with van der Waals surface area (Å²) in [5.41, 5.74) is 2.93. The standard InChI is InChI=1S/C19H19N3O2S/c1-13-9-11-15(12-10-13)17-20-21-19(24-17)25-16(18(23)22(2)3)14-7-5-4-6-8-14/h4-12,16H,1-3H3/t16-/m0/s1.